The number of fused-ring (bicyclic) bond motifs is 2. The first-order valence-corrected chi connectivity index (χ1v) is 8.95. The van der Waals surface area contributed by atoms with Crippen molar-refractivity contribution in [3.8, 4) is 5.75 Å². The minimum Gasteiger partial charge on any atom is -0.511 e. The Kier molecular flexibility index (Phi) is 2.74. The van der Waals surface area contributed by atoms with Crippen molar-refractivity contribution in [2.45, 2.75) is 44.4 Å². The SMILES string of the molecule is O=C1C(c2cc(O)ccc2C2CC2)=C(O)C2C3CCC(CC3)C12. The Morgan fingerprint density at radius 2 is 1.52 bits per heavy atom. The van der Waals surface area contributed by atoms with E-state index in [-0.39, 0.29) is 23.4 Å². The molecule has 2 N–H and O–H groups in total. The van der Waals surface area contributed by atoms with Crippen LogP contribution in [0.3, 0.4) is 0 Å². The maximum atomic E-state index is 13.1. The number of hydrogen-bond acceptors (Lipinski definition) is 3. The van der Waals surface area contributed by atoms with E-state index in [2.05, 4.69) is 0 Å². The Bertz CT molecular complexity index is 720. The largest absolute Gasteiger partial charge is 0.511 e. The van der Waals surface area contributed by atoms with Gasteiger partial charge in [-0.05, 0) is 79.5 Å². The number of benzene rings is 1. The second kappa shape index (κ2) is 4.62. The minimum atomic E-state index is -0.00750. The lowest BCUT2D eigenvalue weighted by Crippen LogP contribution is -2.41. The summed E-state index contributed by atoms with van der Waals surface area (Å²) < 4.78 is 0. The molecular formula is C20H22O3. The predicted octanol–water partition coefficient (Wildman–Crippen LogP) is 4.17. The molecule has 0 saturated heterocycles. The van der Waals surface area contributed by atoms with Gasteiger partial charge in [-0.25, -0.2) is 0 Å². The molecule has 2 bridgehead atoms. The minimum absolute atomic E-state index is 0.00750. The van der Waals surface area contributed by atoms with E-state index in [4.69, 9.17) is 0 Å². The molecule has 3 nitrogen and oxygen atoms in total. The normalized spacial score (nSPS) is 35.7. The fourth-order valence-electron chi connectivity index (χ4n) is 5.46. The van der Waals surface area contributed by atoms with Gasteiger partial charge in [0.25, 0.3) is 0 Å². The first-order chi connectivity index (χ1) is 11.1. The summed E-state index contributed by atoms with van der Waals surface area (Å²) >= 11 is 0. The molecule has 0 aromatic heterocycles. The lowest BCUT2D eigenvalue weighted by Gasteiger charge is -2.44. The van der Waals surface area contributed by atoms with Gasteiger partial charge in [0.05, 0.1) is 5.57 Å². The Balaban J connectivity index is 1.66. The fourth-order valence-corrected chi connectivity index (χ4v) is 5.46. The van der Waals surface area contributed by atoms with E-state index in [9.17, 15) is 15.0 Å². The zero-order chi connectivity index (χ0) is 15.7. The van der Waals surface area contributed by atoms with E-state index in [0.717, 1.165) is 49.7 Å². The van der Waals surface area contributed by atoms with Crippen LogP contribution in [0.25, 0.3) is 5.57 Å². The molecular weight excluding hydrogens is 288 g/mol. The van der Waals surface area contributed by atoms with Crippen molar-refractivity contribution >= 4 is 11.4 Å². The van der Waals surface area contributed by atoms with Crippen LogP contribution in [0.4, 0.5) is 0 Å². The number of aliphatic hydroxyl groups excluding tert-OH is 1. The Labute approximate surface area is 136 Å². The monoisotopic (exact) mass is 310 g/mol. The van der Waals surface area contributed by atoms with Gasteiger partial charge < -0.3 is 10.2 Å². The third kappa shape index (κ3) is 1.85. The number of phenols is 1. The highest BCUT2D eigenvalue weighted by atomic mass is 16.3. The molecule has 6 rings (SSSR count). The van der Waals surface area contributed by atoms with Crippen molar-refractivity contribution in [1.29, 1.82) is 0 Å². The van der Waals surface area contributed by atoms with Gasteiger partial charge in [-0.15, -0.1) is 0 Å². The van der Waals surface area contributed by atoms with Gasteiger partial charge in [-0.2, -0.15) is 0 Å². The molecule has 3 heteroatoms. The molecule has 4 saturated carbocycles. The van der Waals surface area contributed by atoms with E-state index in [1.165, 1.54) is 0 Å². The first-order valence-electron chi connectivity index (χ1n) is 8.95. The summed E-state index contributed by atoms with van der Waals surface area (Å²) in [4.78, 5) is 13.1. The van der Waals surface area contributed by atoms with Gasteiger partial charge >= 0.3 is 0 Å². The second-order valence-corrected chi connectivity index (χ2v) is 7.90. The van der Waals surface area contributed by atoms with Crippen molar-refractivity contribution < 1.29 is 15.0 Å². The number of carbonyl (C=O) groups excluding carboxylic acids is 1. The summed E-state index contributed by atoms with van der Waals surface area (Å²) in [6.07, 6.45) is 6.83. The number of aromatic hydroxyl groups is 1. The van der Waals surface area contributed by atoms with Crippen molar-refractivity contribution in [2.24, 2.45) is 23.7 Å². The van der Waals surface area contributed by atoms with Crippen LogP contribution < -0.4 is 0 Å². The molecule has 0 heterocycles. The summed E-state index contributed by atoms with van der Waals surface area (Å²) in [5, 5.41) is 20.9. The van der Waals surface area contributed by atoms with Crippen LogP contribution in [0.5, 0.6) is 5.75 Å². The molecule has 0 aliphatic heterocycles. The third-order valence-electron chi connectivity index (χ3n) is 6.66. The highest BCUT2D eigenvalue weighted by Crippen LogP contribution is 2.58. The molecule has 2 unspecified atom stereocenters. The number of rotatable bonds is 2. The van der Waals surface area contributed by atoms with E-state index >= 15 is 0 Å². The molecule has 120 valence electrons. The number of ketones is 1. The van der Waals surface area contributed by atoms with E-state index in [1.54, 1.807) is 12.1 Å². The third-order valence-corrected chi connectivity index (χ3v) is 6.66. The van der Waals surface area contributed by atoms with E-state index in [1.807, 2.05) is 6.07 Å². The van der Waals surface area contributed by atoms with Gasteiger partial charge in [0.15, 0.2) is 5.78 Å². The highest BCUT2D eigenvalue weighted by molar-refractivity contribution is 6.25. The predicted molar refractivity (Wildman–Crippen MR) is 87.1 cm³/mol. The summed E-state index contributed by atoms with van der Waals surface area (Å²) in [6.45, 7) is 0. The molecule has 1 aromatic rings. The molecule has 5 aliphatic carbocycles. The zero-order valence-electron chi connectivity index (χ0n) is 13.2. The smallest absolute Gasteiger partial charge is 0.170 e. The molecule has 1 aromatic carbocycles. The van der Waals surface area contributed by atoms with Crippen LogP contribution in [0, 0.1) is 23.7 Å². The molecule has 0 radical (unpaired) electrons. The number of phenolic OH excluding ortho intramolecular Hbond substituents is 1. The topological polar surface area (TPSA) is 57.5 Å². The summed E-state index contributed by atoms with van der Waals surface area (Å²) in [5.41, 5.74) is 2.45. The zero-order valence-corrected chi connectivity index (χ0v) is 13.2. The van der Waals surface area contributed by atoms with Crippen LogP contribution in [0.1, 0.15) is 55.6 Å². The fraction of sp³-hybridized carbons (Fsp3) is 0.550. The maximum absolute atomic E-state index is 13.1. The molecule has 0 spiro atoms. The van der Waals surface area contributed by atoms with Crippen LogP contribution in [-0.4, -0.2) is 16.0 Å². The van der Waals surface area contributed by atoms with E-state index in [0.29, 0.717) is 29.1 Å². The number of aliphatic hydroxyl groups is 1. The van der Waals surface area contributed by atoms with E-state index < -0.39 is 0 Å². The van der Waals surface area contributed by atoms with Crippen molar-refractivity contribution in [3.63, 3.8) is 0 Å². The number of carbonyl (C=O) groups is 1. The van der Waals surface area contributed by atoms with Crippen LogP contribution in [-0.2, 0) is 4.79 Å². The van der Waals surface area contributed by atoms with Gasteiger partial charge in [0.1, 0.15) is 11.5 Å². The number of hydrogen-bond donors (Lipinski definition) is 2. The maximum Gasteiger partial charge on any atom is 0.170 e. The second-order valence-electron chi connectivity index (χ2n) is 7.90. The average Bonchev–Trinajstić information content (AvgIpc) is 3.36. The van der Waals surface area contributed by atoms with Gasteiger partial charge in [0, 0.05) is 11.8 Å². The molecule has 0 amide bonds. The van der Waals surface area contributed by atoms with Crippen molar-refractivity contribution in [1.82, 2.24) is 0 Å². The molecule has 23 heavy (non-hydrogen) atoms. The standard InChI is InChI=1S/C20H22O3/c21-13-7-8-14(10-1-2-10)15(9-13)18-19(22)16-11-3-4-12(6-5-11)17(16)20(18)23/h7-12,16-17,21-22H,1-6H2. The Morgan fingerprint density at radius 1 is 0.870 bits per heavy atom. The average molecular weight is 310 g/mol. The summed E-state index contributed by atoms with van der Waals surface area (Å²) in [5.74, 6) is 2.06. The molecule has 2 atom stereocenters. The summed E-state index contributed by atoms with van der Waals surface area (Å²) in [6, 6.07) is 5.33. The molecule has 4 fully saturated rings. The summed E-state index contributed by atoms with van der Waals surface area (Å²) in [7, 11) is 0. The van der Waals surface area contributed by atoms with Gasteiger partial charge in [-0.1, -0.05) is 6.07 Å². The van der Waals surface area contributed by atoms with Crippen LogP contribution in [0.15, 0.2) is 24.0 Å². The highest BCUT2D eigenvalue weighted by Gasteiger charge is 2.54. The quantitative estimate of drug-likeness (QED) is 0.862. The van der Waals surface area contributed by atoms with Gasteiger partial charge in [0.2, 0.25) is 0 Å². The lowest BCUT2D eigenvalue weighted by atomic mass is 9.59. The van der Waals surface area contributed by atoms with Crippen molar-refractivity contribution in [3.05, 3.63) is 35.1 Å². The van der Waals surface area contributed by atoms with Gasteiger partial charge in [-0.3, -0.25) is 4.79 Å². The lowest BCUT2D eigenvalue weighted by molar-refractivity contribution is -0.123. The first kappa shape index (κ1) is 13.6. The number of allylic oxidation sites excluding steroid dienone is 2. The number of Topliss-reactive ketones (excluding diaryl/α,β-unsaturated/α-hetero) is 1. The van der Waals surface area contributed by atoms with Crippen LogP contribution in [0.2, 0.25) is 0 Å². The Morgan fingerprint density at radius 3 is 2.13 bits per heavy atom. The van der Waals surface area contributed by atoms with Crippen molar-refractivity contribution in [2.75, 3.05) is 0 Å². The Hall–Kier alpha value is -1.77. The molecule has 5 aliphatic rings. The van der Waals surface area contributed by atoms with Crippen LogP contribution >= 0.6 is 0 Å².